The molecule has 2 aromatic carbocycles. The predicted octanol–water partition coefficient (Wildman–Crippen LogP) is 4.16. The molecule has 0 aromatic heterocycles. The van der Waals surface area contributed by atoms with Crippen molar-refractivity contribution in [2.45, 2.75) is 32.8 Å². The molecule has 0 aliphatic heterocycles. The molecule has 1 atom stereocenters. The lowest BCUT2D eigenvalue weighted by Crippen LogP contribution is -2.14. The maximum atomic E-state index is 10.6. The maximum absolute atomic E-state index is 10.6. The second-order valence-electron chi connectivity index (χ2n) is 7.20. The number of hydrogen-bond donors (Lipinski definition) is 4. The third-order valence-corrected chi connectivity index (χ3v) is 4.96. The van der Waals surface area contributed by atoms with E-state index in [2.05, 4.69) is 12.7 Å². The molecule has 0 amide bonds. The third kappa shape index (κ3) is 6.16. The van der Waals surface area contributed by atoms with Crippen molar-refractivity contribution < 1.29 is 20.4 Å². The van der Waals surface area contributed by atoms with Crippen molar-refractivity contribution in [2.75, 3.05) is 13.2 Å². The number of aliphatic hydroxyl groups is 3. The standard InChI is InChI=1S/C25H30O4/c1-17-13-20(14-18(2)25(17)29)15-22(21-7-5-4-6-8-21)9-10-24(28)23(11-12-26)19(3)16-27/h4-8,11,13-15,24,26-29H,3,9-10,12,16H2,1-2H3/b22-15-,23-11-. The third-order valence-electron chi connectivity index (χ3n) is 4.96. The van der Waals surface area contributed by atoms with E-state index in [4.69, 9.17) is 0 Å². The van der Waals surface area contributed by atoms with Crippen molar-refractivity contribution in [3.8, 4) is 5.75 Å². The first-order chi connectivity index (χ1) is 13.9. The van der Waals surface area contributed by atoms with E-state index < -0.39 is 6.10 Å². The van der Waals surface area contributed by atoms with Crippen LogP contribution in [0.4, 0.5) is 0 Å². The highest BCUT2D eigenvalue weighted by Crippen LogP contribution is 2.29. The summed E-state index contributed by atoms with van der Waals surface area (Å²) in [5, 5.41) is 39.2. The molecule has 0 radical (unpaired) electrons. The van der Waals surface area contributed by atoms with Crippen LogP contribution in [0.3, 0.4) is 0 Å². The highest BCUT2D eigenvalue weighted by molar-refractivity contribution is 5.82. The van der Waals surface area contributed by atoms with E-state index in [-0.39, 0.29) is 13.2 Å². The molecule has 1 unspecified atom stereocenters. The van der Waals surface area contributed by atoms with Crippen LogP contribution in [0.5, 0.6) is 5.75 Å². The van der Waals surface area contributed by atoms with Crippen LogP contribution < -0.4 is 0 Å². The fourth-order valence-electron chi connectivity index (χ4n) is 3.38. The predicted molar refractivity (Wildman–Crippen MR) is 119 cm³/mol. The molecule has 0 bridgehead atoms. The van der Waals surface area contributed by atoms with E-state index in [0.717, 1.165) is 27.8 Å². The van der Waals surface area contributed by atoms with Crippen molar-refractivity contribution in [3.05, 3.63) is 88.5 Å². The zero-order valence-electron chi connectivity index (χ0n) is 17.1. The fraction of sp³-hybridized carbons (Fsp3) is 0.280. The van der Waals surface area contributed by atoms with Crippen molar-refractivity contribution in [3.63, 3.8) is 0 Å². The van der Waals surface area contributed by atoms with Crippen LogP contribution in [0.2, 0.25) is 0 Å². The number of aryl methyl sites for hydroxylation is 2. The average Bonchev–Trinajstić information content (AvgIpc) is 2.72. The molecule has 4 nitrogen and oxygen atoms in total. The van der Waals surface area contributed by atoms with Crippen LogP contribution in [0, 0.1) is 13.8 Å². The van der Waals surface area contributed by atoms with Crippen molar-refractivity contribution in [2.24, 2.45) is 0 Å². The molecule has 0 spiro atoms. The lowest BCUT2D eigenvalue weighted by atomic mass is 9.92. The number of aliphatic hydroxyl groups excluding tert-OH is 3. The minimum Gasteiger partial charge on any atom is -0.507 e. The van der Waals surface area contributed by atoms with Gasteiger partial charge in [-0.1, -0.05) is 49.1 Å². The Labute approximate surface area is 172 Å². The largest absolute Gasteiger partial charge is 0.507 e. The van der Waals surface area contributed by atoms with Crippen molar-refractivity contribution in [1.82, 2.24) is 0 Å². The van der Waals surface area contributed by atoms with E-state index >= 15 is 0 Å². The zero-order valence-corrected chi connectivity index (χ0v) is 17.1. The number of aromatic hydroxyl groups is 1. The zero-order chi connectivity index (χ0) is 21.4. The number of phenols is 1. The lowest BCUT2D eigenvalue weighted by molar-refractivity contribution is 0.199. The van der Waals surface area contributed by atoms with Gasteiger partial charge < -0.3 is 20.4 Å². The number of allylic oxidation sites excluding steroid dienone is 1. The number of hydrogen-bond acceptors (Lipinski definition) is 4. The average molecular weight is 395 g/mol. The van der Waals surface area contributed by atoms with Gasteiger partial charge in [0, 0.05) is 0 Å². The van der Waals surface area contributed by atoms with Gasteiger partial charge >= 0.3 is 0 Å². The summed E-state index contributed by atoms with van der Waals surface area (Å²) < 4.78 is 0. The molecule has 0 heterocycles. The summed E-state index contributed by atoms with van der Waals surface area (Å²) in [6.07, 6.45) is 3.73. The highest BCUT2D eigenvalue weighted by Gasteiger charge is 2.15. The quantitative estimate of drug-likeness (QED) is 0.380. The first kappa shape index (κ1) is 22.6. The normalized spacial score (nSPS) is 13.4. The molecule has 0 saturated carbocycles. The Morgan fingerprint density at radius 3 is 2.24 bits per heavy atom. The van der Waals surface area contributed by atoms with Crippen LogP contribution >= 0.6 is 0 Å². The Kier molecular flexibility index (Phi) is 8.40. The topological polar surface area (TPSA) is 80.9 Å². The van der Waals surface area contributed by atoms with Gasteiger partial charge in [-0.15, -0.1) is 0 Å². The molecule has 29 heavy (non-hydrogen) atoms. The van der Waals surface area contributed by atoms with E-state index in [1.165, 1.54) is 6.08 Å². The van der Waals surface area contributed by atoms with Crippen LogP contribution in [0.25, 0.3) is 11.6 Å². The minimum absolute atomic E-state index is 0.223. The minimum atomic E-state index is -0.836. The molecular weight excluding hydrogens is 364 g/mol. The van der Waals surface area contributed by atoms with Gasteiger partial charge in [0.05, 0.1) is 19.3 Å². The van der Waals surface area contributed by atoms with Crippen LogP contribution in [-0.2, 0) is 0 Å². The van der Waals surface area contributed by atoms with Crippen LogP contribution in [0.15, 0.2) is 66.3 Å². The molecule has 0 aliphatic rings. The molecule has 2 aromatic rings. The molecule has 0 saturated heterocycles. The number of phenolic OH excluding ortho intramolecular Hbond substituents is 1. The Balaban J connectivity index is 2.33. The Bertz CT molecular complexity index is 871. The van der Waals surface area contributed by atoms with Gasteiger partial charge in [-0.25, -0.2) is 0 Å². The molecular formula is C25H30O4. The van der Waals surface area contributed by atoms with Gasteiger partial charge in [-0.3, -0.25) is 0 Å². The van der Waals surface area contributed by atoms with Gasteiger partial charge in [-0.2, -0.15) is 0 Å². The number of rotatable bonds is 9. The maximum Gasteiger partial charge on any atom is 0.121 e. The van der Waals surface area contributed by atoms with Gasteiger partial charge in [0.25, 0.3) is 0 Å². The molecule has 2 rings (SSSR count). The monoisotopic (exact) mass is 394 g/mol. The molecule has 0 fully saturated rings. The van der Waals surface area contributed by atoms with Crippen LogP contribution in [0.1, 0.15) is 35.1 Å². The smallest absolute Gasteiger partial charge is 0.121 e. The van der Waals surface area contributed by atoms with E-state index in [1.54, 1.807) is 0 Å². The summed E-state index contributed by atoms with van der Waals surface area (Å²) >= 11 is 0. The summed E-state index contributed by atoms with van der Waals surface area (Å²) in [5.74, 6) is 0.306. The second-order valence-corrected chi connectivity index (χ2v) is 7.20. The summed E-state index contributed by atoms with van der Waals surface area (Å²) in [6, 6.07) is 13.8. The van der Waals surface area contributed by atoms with E-state index in [9.17, 15) is 20.4 Å². The molecule has 0 aliphatic carbocycles. The Hall–Kier alpha value is -2.66. The fourth-order valence-corrected chi connectivity index (χ4v) is 3.38. The van der Waals surface area contributed by atoms with Crippen LogP contribution in [-0.4, -0.2) is 39.7 Å². The Morgan fingerprint density at radius 2 is 1.69 bits per heavy atom. The molecule has 4 N–H and O–H groups in total. The lowest BCUT2D eigenvalue weighted by Gasteiger charge is -2.18. The van der Waals surface area contributed by atoms with Gasteiger partial charge in [0.2, 0.25) is 0 Å². The van der Waals surface area contributed by atoms with Crippen molar-refractivity contribution in [1.29, 1.82) is 0 Å². The van der Waals surface area contributed by atoms with E-state index in [1.807, 2.05) is 56.3 Å². The summed E-state index contributed by atoms with van der Waals surface area (Å²) in [6.45, 7) is 7.02. The summed E-state index contributed by atoms with van der Waals surface area (Å²) in [7, 11) is 0. The van der Waals surface area contributed by atoms with Gasteiger partial charge in [0.1, 0.15) is 5.75 Å². The SMILES string of the molecule is C=C(CO)/C(=C/CO)C(O)CC/C(=C/c1cc(C)c(O)c(C)c1)c1ccccc1. The molecule has 4 heteroatoms. The Morgan fingerprint density at radius 1 is 1.07 bits per heavy atom. The molecule has 154 valence electrons. The first-order valence-electron chi connectivity index (χ1n) is 9.71. The second kappa shape index (κ2) is 10.8. The van der Waals surface area contributed by atoms with E-state index in [0.29, 0.717) is 29.7 Å². The van der Waals surface area contributed by atoms with Gasteiger partial charge in [-0.05, 0) is 77.8 Å². The first-order valence-corrected chi connectivity index (χ1v) is 9.71. The van der Waals surface area contributed by atoms with Gasteiger partial charge in [0.15, 0.2) is 0 Å². The van der Waals surface area contributed by atoms with Crippen molar-refractivity contribution >= 4 is 11.6 Å². The number of benzene rings is 2. The summed E-state index contributed by atoms with van der Waals surface area (Å²) in [5.41, 5.74) is 5.59. The highest BCUT2D eigenvalue weighted by atomic mass is 16.3. The summed E-state index contributed by atoms with van der Waals surface area (Å²) in [4.78, 5) is 0.